The van der Waals surface area contributed by atoms with Crippen LogP contribution in [0.3, 0.4) is 0 Å². The molecule has 0 saturated carbocycles. The van der Waals surface area contributed by atoms with Crippen LogP contribution in [0, 0.1) is 0 Å². The van der Waals surface area contributed by atoms with E-state index >= 15 is 0 Å². The maximum atomic E-state index is 10.9. The fourth-order valence-corrected chi connectivity index (χ4v) is 2.21. The molecule has 2 heterocycles. The first kappa shape index (κ1) is 10.7. The van der Waals surface area contributed by atoms with Crippen LogP contribution in [0.25, 0.3) is 22.2 Å². The van der Waals surface area contributed by atoms with E-state index in [1.165, 1.54) is 0 Å². The zero-order valence-corrected chi connectivity index (χ0v) is 9.84. The molecule has 0 atom stereocenters. The molecule has 18 heavy (non-hydrogen) atoms. The Hall–Kier alpha value is -2.49. The molecule has 0 saturated heterocycles. The fourth-order valence-electron chi connectivity index (χ4n) is 2.21. The van der Waals surface area contributed by atoms with E-state index in [1.54, 1.807) is 12.1 Å². The minimum absolute atomic E-state index is 0.206. The number of carbonyl (C=O) groups is 1. The Morgan fingerprint density at radius 2 is 2.06 bits per heavy atom. The Kier molecular flexibility index (Phi) is 2.23. The number of aryl methyl sites for hydroxylation is 1. The van der Waals surface area contributed by atoms with Gasteiger partial charge in [-0.15, -0.1) is 0 Å². The van der Waals surface area contributed by atoms with Crippen LogP contribution in [0.15, 0.2) is 42.6 Å². The smallest absolute Gasteiger partial charge is 0.352 e. The molecule has 3 rings (SSSR count). The molecule has 0 aliphatic heterocycles. The molecule has 0 radical (unpaired) electrons. The summed E-state index contributed by atoms with van der Waals surface area (Å²) in [6, 6.07) is 11.4. The topological polar surface area (TPSA) is 58.0 Å². The minimum Gasteiger partial charge on any atom is -0.477 e. The van der Waals surface area contributed by atoms with Crippen molar-refractivity contribution in [2.75, 3.05) is 0 Å². The van der Waals surface area contributed by atoms with Crippen LogP contribution in [0.4, 0.5) is 0 Å². The SMILES string of the molecule is Cn1ccc2c(-c3ccc(C(=O)O)[nH]3)cccc21. The molecule has 90 valence electrons. The van der Waals surface area contributed by atoms with Crippen molar-refractivity contribution in [3.05, 3.63) is 48.3 Å². The third-order valence-electron chi connectivity index (χ3n) is 3.13. The first-order chi connectivity index (χ1) is 8.66. The van der Waals surface area contributed by atoms with Crippen molar-refractivity contribution in [2.45, 2.75) is 0 Å². The van der Waals surface area contributed by atoms with Crippen LogP contribution in [0.5, 0.6) is 0 Å². The zero-order chi connectivity index (χ0) is 12.7. The van der Waals surface area contributed by atoms with Gasteiger partial charge in [0.05, 0.1) is 0 Å². The number of carboxylic acid groups (broad SMARTS) is 1. The van der Waals surface area contributed by atoms with E-state index in [1.807, 2.05) is 42.1 Å². The molecule has 0 unspecified atom stereocenters. The summed E-state index contributed by atoms with van der Waals surface area (Å²) in [5, 5.41) is 10.0. The van der Waals surface area contributed by atoms with Crippen molar-refractivity contribution in [2.24, 2.45) is 7.05 Å². The first-order valence-corrected chi connectivity index (χ1v) is 5.63. The lowest BCUT2D eigenvalue weighted by Gasteiger charge is -2.02. The van der Waals surface area contributed by atoms with Gasteiger partial charge >= 0.3 is 5.97 Å². The van der Waals surface area contributed by atoms with Crippen molar-refractivity contribution in [1.82, 2.24) is 9.55 Å². The number of benzene rings is 1. The van der Waals surface area contributed by atoms with E-state index in [9.17, 15) is 4.79 Å². The van der Waals surface area contributed by atoms with E-state index in [2.05, 4.69) is 4.98 Å². The van der Waals surface area contributed by atoms with Gasteiger partial charge in [-0.2, -0.15) is 0 Å². The van der Waals surface area contributed by atoms with Crippen LogP contribution in [0.2, 0.25) is 0 Å². The molecule has 0 aliphatic carbocycles. The van der Waals surface area contributed by atoms with Crippen molar-refractivity contribution in [3.8, 4) is 11.3 Å². The number of rotatable bonds is 2. The highest BCUT2D eigenvalue weighted by atomic mass is 16.4. The van der Waals surface area contributed by atoms with Crippen LogP contribution < -0.4 is 0 Å². The highest BCUT2D eigenvalue weighted by Crippen LogP contribution is 2.28. The Balaban J connectivity index is 2.21. The van der Waals surface area contributed by atoms with E-state index in [4.69, 9.17) is 5.11 Å². The Bertz CT molecular complexity index is 737. The van der Waals surface area contributed by atoms with Gasteiger partial charge in [-0.05, 0) is 24.3 Å². The molecule has 2 aromatic heterocycles. The van der Waals surface area contributed by atoms with Gasteiger partial charge in [-0.1, -0.05) is 12.1 Å². The van der Waals surface area contributed by atoms with Crippen molar-refractivity contribution in [1.29, 1.82) is 0 Å². The Labute approximate surface area is 103 Å². The number of hydrogen-bond acceptors (Lipinski definition) is 1. The molecule has 1 aromatic carbocycles. The zero-order valence-electron chi connectivity index (χ0n) is 9.84. The fraction of sp³-hybridized carbons (Fsp3) is 0.0714. The number of H-pyrrole nitrogens is 1. The lowest BCUT2D eigenvalue weighted by Crippen LogP contribution is -1.95. The summed E-state index contributed by atoms with van der Waals surface area (Å²) in [5.74, 6) is -0.943. The lowest BCUT2D eigenvalue weighted by molar-refractivity contribution is 0.0691. The molecule has 0 aliphatic rings. The van der Waals surface area contributed by atoms with Crippen LogP contribution in [0.1, 0.15) is 10.5 Å². The van der Waals surface area contributed by atoms with Gasteiger partial charge in [0.25, 0.3) is 0 Å². The van der Waals surface area contributed by atoms with Gasteiger partial charge in [-0.25, -0.2) is 4.79 Å². The van der Waals surface area contributed by atoms with Crippen molar-refractivity contribution >= 4 is 16.9 Å². The van der Waals surface area contributed by atoms with E-state index in [0.29, 0.717) is 0 Å². The van der Waals surface area contributed by atoms with Crippen LogP contribution >= 0.6 is 0 Å². The van der Waals surface area contributed by atoms with E-state index in [-0.39, 0.29) is 5.69 Å². The molecule has 0 bridgehead atoms. The highest BCUT2D eigenvalue weighted by Gasteiger charge is 2.10. The number of carboxylic acids is 1. The summed E-state index contributed by atoms with van der Waals surface area (Å²) in [6.45, 7) is 0. The third kappa shape index (κ3) is 1.50. The van der Waals surface area contributed by atoms with Gasteiger partial charge in [0.1, 0.15) is 5.69 Å². The second-order valence-corrected chi connectivity index (χ2v) is 4.26. The second-order valence-electron chi connectivity index (χ2n) is 4.26. The summed E-state index contributed by atoms with van der Waals surface area (Å²) in [5.41, 5.74) is 3.17. The average Bonchev–Trinajstić information content (AvgIpc) is 2.97. The van der Waals surface area contributed by atoms with Crippen LogP contribution in [-0.2, 0) is 7.05 Å². The third-order valence-corrected chi connectivity index (χ3v) is 3.13. The quantitative estimate of drug-likeness (QED) is 0.723. The number of aromatic amines is 1. The molecule has 3 aromatic rings. The molecule has 4 heteroatoms. The molecule has 0 amide bonds. The number of nitrogens with zero attached hydrogens (tertiary/aromatic N) is 1. The van der Waals surface area contributed by atoms with Gasteiger partial charge in [0.15, 0.2) is 0 Å². The highest BCUT2D eigenvalue weighted by molar-refractivity contribution is 5.95. The molecular formula is C14H12N2O2. The van der Waals surface area contributed by atoms with E-state index in [0.717, 1.165) is 22.2 Å². The maximum absolute atomic E-state index is 10.9. The summed E-state index contributed by atoms with van der Waals surface area (Å²) >= 11 is 0. The normalized spacial score (nSPS) is 10.9. The summed E-state index contributed by atoms with van der Waals surface area (Å²) in [4.78, 5) is 13.8. The van der Waals surface area contributed by atoms with Crippen LogP contribution in [-0.4, -0.2) is 20.6 Å². The van der Waals surface area contributed by atoms with Gasteiger partial charge in [-0.3, -0.25) is 0 Å². The lowest BCUT2D eigenvalue weighted by atomic mass is 10.1. The predicted octanol–water partition coefficient (Wildman–Crippen LogP) is 2.87. The van der Waals surface area contributed by atoms with Crippen molar-refractivity contribution < 1.29 is 9.90 Å². The molecule has 4 nitrogen and oxygen atoms in total. The largest absolute Gasteiger partial charge is 0.477 e. The summed E-state index contributed by atoms with van der Waals surface area (Å²) in [7, 11) is 1.99. The number of nitrogens with one attached hydrogen (secondary N) is 1. The van der Waals surface area contributed by atoms with Gasteiger partial charge in [0, 0.05) is 35.4 Å². The number of fused-ring (bicyclic) bond motifs is 1. The van der Waals surface area contributed by atoms with Gasteiger partial charge in [0.2, 0.25) is 0 Å². The summed E-state index contributed by atoms with van der Waals surface area (Å²) < 4.78 is 2.04. The molecule has 0 spiro atoms. The van der Waals surface area contributed by atoms with E-state index < -0.39 is 5.97 Å². The number of aromatic nitrogens is 2. The first-order valence-electron chi connectivity index (χ1n) is 5.63. The minimum atomic E-state index is -0.943. The maximum Gasteiger partial charge on any atom is 0.352 e. The summed E-state index contributed by atoms with van der Waals surface area (Å²) in [6.07, 6.45) is 2.00. The molecule has 2 N–H and O–H groups in total. The average molecular weight is 240 g/mol. The monoisotopic (exact) mass is 240 g/mol. The molecule has 0 fully saturated rings. The molecular weight excluding hydrogens is 228 g/mol. The Morgan fingerprint density at radius 3 is 2.78 bits per heavy atom. The Morgan fingerprint density at radius 1 is 1.22 bits per heavy atom. The van der Waals surface area contributed by atoms with Gasteiger partial charge < -0.3 is 14.7 Å². The number of aromatic carboxylic acids is 1. The number of hydrogen-bond donors (Lipinski definition) is 2. The second kappa shape index (κ2) is 3.77. The predicted molar refractivity (Wildman–Crippen MR) is 69.7 cm³/mol. The standard InChI is InChI=1S/C14H12N2O2/c1-16-8-7-10-9(3-2-4-13(10)16)11-5-6-12(15-11)14(17)18/h2-8,15H,1H3,(H,17,18). The van der Waals surface area contributed by atoms with Crippen molar-refractivity contribution in [3.63, 3.8) is 0 Å².